The number of nitrogens with one attached hydrogen (secondary N) is 1. The number of benzene rings is 2. The van der Waals surface area contributed by atoms with Crippen LogP contribution in [0.3, 0.4) is 0 Å². The van der Waals surface area contributed by atoms with E-state index in [-0.39, 0.29) is 6.42 Å². The number of anilines is 1. The third-order valence-electron chi connectivity index (χ3n) is 2.90. The summed E-state index contributed by atoms with van der Waals surface area (Å²) >= 11 is 0. The SMILES string of the molecule is O=C(O)CCCCNc1ccc2ccccc2c1. The Hall–Kier alpha value is -2.03. The number of hydrogen-bond acceptors (Lipinski definition) is 2. The first kappa shape index (κ1) is 12.4. The molecule has 94 valence electrons. The Morgan fingerprint density at radius 1 is 1.06 bits per heavy atom. The molecule has 0 radical (unpaired) electrons. The lowest BCUT2D eigenvalue weighted by atomic mass is 10.1. The van der Waals surface area contributed by atoms with Gasteiger partial charge in [-0.05, 0) is 35.7 Å². The summed E-state index contributed by atoms with van der Waals surface area (Å²) in [4.78, 5) is 10.4. The van der Waals surface area contributed by atoms with Gasteiger partial charge in [0.25, 0.3) is 0 Å². The average molecular weight is 243 g/mol. The molecule has 0 aromatic heterocycles. The maximum absolute atomic E-state index is 10.4. The highest BCUT2D eigenvalue weighted by Crippen LogP contribution is 2.18. The van der Waals surface area contributed by atoms with Crippen LogP contribution in [0, 0.1) is 0 Å². The molecule has 0 aliphatic heterocycles. The number of carboxylic acids is 1. The van der Waals surface area contributed by atoms with E-state index in [1.807, 2.05) is 12.1 Å². The molecule has 18 heavy (non-hydrogen) atoms. The summed E-state index contributed by atoms with van der Waals surface area (Å²) < 4.78 is 0. The molecule has 0 saturated carbocycles. The number of unbranched alkanes of at least 4 members (excludes halogenated alkanes) is 1. The first-order valence-corrected chi connectivity index (χ1v) is 6.20. The second kappa shape index (κ2) is 6.05. The zero-order valence-corrected chi connectivity index (χ0v) is 10.2. The van der Waals surface area contributed by atoms with Crippen LogP contribution in [0.4, 0.5) is 5.69 Å². The maximum atomic E-state index is 10.4. The highest BCUT2D eigenvalue weighted by Gasteiger charge is 1.97. The van der Waals surface area contributed by atoms with Crippen LogP contribution < -0.4 is 5.32 Å². The molecule has 0 heterocycles. The summed E-state index contributed by atoms with van der Waals surface area (Å²) in [6, 6.07) is 14.5. The van der Waals surface area contributed by atoms with Crippen LogP contribution in [0.25, 0.3) is 10.8 Å². The van der Waals surface area contributed by atoms with Crippen molar-refractivity contribution in [2.24, 2.45) is 0 Å². The van der Waals surface area contributed by atoms with Gasteiger partial charge < -0.3 is 10.4 Å². The van der Waals surface area contributed by atoms with Crippen LogP contribution in [0.5, 0.6) is 0 Å². The first-order valence-electron chi connectivity index (χ1n) is 6.20. The fourth-order valence-electron chi connectivity index (χ4n) is 1.93. The lowest BCUT2D eigenvalue weighted by molar-refractivity contribution is -0.137. The second-order valence-electron chi connectivity index (χ2n) is 4.34. The molecule has 0 unspecified atom stereocenters. The van der Waals surface area contributed by atoms with Crippen molar-refractivity contribution in [3.05, 3.63) is 42.5 Å². The number of carbonyl (C=O) groups is 1. The first-order chi connectivity index (χ1) is 8.75. The summed E-state index contributed by atoms with van der Waals surface area (Å²) in [6.45, 7) is 0.811. The zero-order chi connectivity index (χ0) is 12.8. The number of carboxylic acid groups (broad SMARTS) is 1. The minimum atomic E-state index is -0.722. The molecule has 2 rings (SSSR count). The highest BCUT2D eigenvalue weighted by molar-refractivity contribution is 5.85. The molecule has 0 aliphatic carbocycles. The van der Waals surface area contributed by atoms with Crippen LogP contribution in [0.1, 0.15) is 19.3 Å². The van der Waals surface area contributed by atoms with E-state index >= 15 is 0 Å². The molecule has 0 fully saturated rings. The molecule has 3 heteroatoms. The largest absolute Gasteiger partial charge is 0.481 e. The van der Waals surface area contributed by atoms with Crippen LogP contribution in [0.2, 0.25) is 0 Å². The van der Waals surface area contributed by atoms with Crippen LogP contribution in [-0.2, 0) is 4.79 Å². The molecular formula is C15H17NO2. The van der Waals surface area contributed by atoms with Crippen molar-refractivity contribution in [1.82, 2.24) is 0 Å². The molecule has 0 aliphatic rings. The number of aliphatic carboxylic acids is 1. The fraction of sp³-hybridized carbons (Fsp3) is 0.267. The van der Waals surface area contributed by atoms with E-state index in [0.29, 0.717) is 0 Å². The third-order valence-corrected chi connectivity index (χ3v) is 2.90. The van der Waals surface area contributed by atoms with Crippen molar-refractivity contribution in [2.75, 3.05) is 11.9 Å². The molecule has 0 saturated heterocycles. The average Bonchev–Trinajstić information content (AvgIpc) is 2.38. The number of rotatable bonds is 6. The summed E-state index contributed by atoms with van der Waals surface area (Å²) in [7, 11) is 0. The normalized spacial score (nSPS) is 10.4. The van der Waals surface area contributed by atoms with Crippen molar-refractivity contribution in [2.45, 2.75) is 19.3 Å². The molecule has 0 amide bonds. The van der Waals surface area contributed by atoms with Gasteiger partial charge in [-0.25, -0.2) is 0 Å². The minimum Gasteiger partial charge on any atom is -0.481 e. The highest BCUT2D eigenvalue weighted by atomic mass is 16.4. The molecular weight excluding hydrogens is 226 g/mol. The molecule has 3 nitrogen and oxygen atoms in total. The van der Waals surface area contributed by atoms with E-state index in [0.717, 1.165) is 25.1 Å². The predicted octanol–water partition coefficient (Wildman–Crippen LogP) is 3.51. The van der Waals surface area contributed by atoms with Gasteiger partial charge in [0.2, 0.25) is 0 Å². The smallest absolute Gasteiger partial charge is 0.303 e. The molecule has 2 aromatic carbocycles. The van der Waals surface area contributed by atoms with Crippen molar-refractivity contribution in [3.63, 3.8) is 0 Å². The Kier molecular flexibility index (Phi) is 4.18. The van der Waals surface area contributed by atoms with E-state index in [1.165, 1.54) is 10.8 Å². The van der Waals surface area contributed by atoms with Gasteiger partial charge >= 0.3 is 5.97 Å². The molecule has 2 aromatic rings. The van der Waals surface area contributed by atoms with E-state index < -0.39 is 5.97 Å². The van der Waals surface area contributed by atoms with Gasteiger partial charge in [0.05, 0.1) is 0 Å². The number of fused-ring (bicyclic) bond motifs is 1. The van der Waals surface area contributed by atoms with Gasteiger partial charge in [-0.1, -0.05) is 30.3 Å². The molecule has 0 atom stereocenters. The Balaban J connectivity index is 1.86. The quantitative estimate of drug-likeness (QED) is 0.763. The van der Waals surface area contributed by atoms with Gasteiger partial charge in [-0.3, -0.25) is 4.79 Å². The zero-order valence-electron chi connectivity index (χ0n) is 10.2. The molecule has 0 bridgehead atoms. The van der Waals surface area contributed by atoms with Gasteiger partial charge in [0.15, 0.2) is 0 Å². The van der Waals surface area contributed by atoms with E-state index in [1.54, 1.807) is 0 Å². The van der Waals surface area contributed by atoms with Crippen molar-refractivity contribution in [1.29, 1.82) is 0 Å². The predicted molar refractivity (Wildman–Crippen MR) is 73.9 cm³/mol. The lowest BCUT2D eigenvalue weighted by Gasteiger charge is -2.07. The van der Waals surface area contributed by atoms with Crippen LogP contribution >= 0.6 is 0 Å². The van der Waals surface area contributed by atoms with Crippen LogP contribution in [-0.4, -0.2) is 17.6 Å². The standard InChI is InChI=1S/C15H17NO2/c17-15(18)7-3-4-10-16-14-9-8-12-5-1-2-6-13(12)11-14/h1-2,5-6,8-9,11,16H,3-4,7,10H2,(H,17,18). The Morgan fingerprint density at radius 3 is 2.61 bits per heavy atom. The van der Waals surface area contributed by atoms with Gasteiger partial charge in [-0.15, -0.1) is 0 Å². The van der Waals surface area contributed by atoms with Gasteiger partial charge in [-0.2, -0.15) is 0 Å². The Labute approximate surface area is 106 Å². The summed E-state index contributed by atoms with van der Waals surface area (Å²) in [5.74, 6) is -0.722. The maximum Gasteiger partial charge on any atom is 0.303 e. The van der Waals surface area contributed by atoms with Crippen molar-refractivity contribution >= 4 is 22.4 Å². The monoisotopic (exact) mass is 243 g/mol. The van der Waals surface area contributed by atoms with Crippen molar-refractivity contribution in [3.8, 4) is 0 Å². The summed E-state index contributed by atoms with van der Waals surface area (Å²) in [6.07, 6.45) is 1.84. The van der Waals surface area contributed by atoms with E-state index in [9.17, 15) is 4.79 Å². The van der Waals surface area contributed by atoms with E-state index in [2.05, 4.69) is 35.6 Å². The third kappa shape index (κ3) is 3.48. The second-order valence-corrected chi connectivity index (χ2v) is 4.34. The van der Waals surface area contributed by atoms with Crippen molar-refractivity contribution < 1.29 is 9.90 Å². The Morgan fingerprint density at radius 2 is 1.83 bits per heavy atom. The summed E-state index contributed by atoms with van der Waals surface area (Å²) in [5, 5.41) is 14.3. The minimum absolute atomic E-state index is 0.249. The topological polar surface area (TPSA) is 49.3 Å². The number of hydrogen-bond donors (Lipinski definition) is 2. The van der Waals surface area contributed by atoms with E-state index in [4.69, 9.17) is 5.11 Å². The van der Waals surface area contributed by atoms with Gasteiger partial charge in [0, 0.05) is 18.7 Å². The molecule has 2 N–H and O–H groups in total. The van der Waals surface area contributed by atoms with Gasteiger partial charge in [0.1, 0.15) is 0 Å². The van der Waals surface area contributed by atoms with Crippen LogP contribution in [0.15, 0.2) is 42.5 Å². The lowest BCUT2D eigenvalue weighted by Crippen LogP contribution is -2.03. The molecule has 0 spiro atoms. The fourth-order valence-corrected chi connectivity index (χ4v) is 1.93. The Bertz CT molecular complexity index is 537. The summed E-state index contributed by atoms with van der Waals surface area (Å²) in [5.41, 5.74) is 1.09.